The molecule has 72 heavy (non-hydrogen) atoms. The number of hydrogen-bond acceptors (Lipinski definition) is 12. The molecule has 368 valence electrons. The molecule has 14 rings (SSSR count). The van der Waals surface area contributed by atoms with Crippen LogP contribution in [0.3, 0.4) is 0 Å². The van der Waals surface area contributed by atoms with Crippen molar-refractivity contribution in [1.29, 1.82) is 0 Å². The number of imidazole rings is 2. The van der Waals surface area contributed by atoms with E-state index in [1.165, 1.54) is 12.1 Å². The highest BCUT2D eigenvalue weighted by Crippen LogP contribution is 2.64. The van der Waals surface area contributed by atoms with Crippen molar-refractivity contribution in [2.24, 2.45) is 11.8 Å². The molecular formula is C52H44F6N10O4. The van der Waals surface area contributed by atoms with Gasteiger partial charge < -0.3 is 37.9 Å². The molecule has 2 saturated carbocycles. The first-order chi connectivity index (χ1) is 35.2. The maximum atomic E-state index is 15.2. The van der Waals surface area contributed by atoms with Gasteiger partial charge in [0.15, 0.2) is 0 Å². The minimum absolute atomic E-state index is 0.160. The van der Waals surface area contributed by atoms with Crippen LogP contribution in [0.1, 0.15) is 59.5 Å². The predicted octanol–water partition coefficient (Wildman–Crippen LogP) is 9.55. The third-order valence-electron chi connectivity index (χ3n) is 14.7. The van der Waals surface area contributed by atoms with E-state index in [0.717, 1.165) is 35.5 Å². The number of aromatic nitrogens is 8. The number of benzene rings is 4. The van der Waals surface area contributed by atoms with Gasteiger partial charge in [0.25, 0.3) is 0 Å². The molecule has 4 aromatic carbocycles. The molecule has 0 N–H and O–H groups in total. The Kier molecular flexibility index (Phi) is 11.0. The molecule has 0 radical (unpaired) electrons. The lowest BCUT2D eigenvalue weighted by atomic mass is 10.0. The molecule has 8 heterocycles. The zero-order valence-electron chi connectivity index (χ0n) is 38.3. The number of ether oxygens (including phenoxy) is 4. The molecule has 14 nitrogen and oxygen atoms in total. The normalized spacial score (nSPS) is 22.7. The molecule has 0 unspecified atom stereocenters. The number of fused-ring (bicyclic) bond motifs is 10. The number of para-hydroxylation sites is 2. The highest BCUT2D eigenvalue weighted by molar-refractivity contribution is 5.85. The van der Waals surface area contributed by atoms with Crippen LogP contribution >= 0.6 is 0 Å². The number of rotatable bonds is 10. The highest BCUT2D eigenvalue weighted by Gasteiger charge is 2.56. The van der Waals surface area contributed by atoms with Crippen molar-refractivity contribution in [1.82, 2.24) is 39.0 Å². The summed E-state index contributed by atoms with van der Waals surface area (Å²) in [5.74, 6) is 3.36. The van der Waals surface area contributed by atoms with Gasteiger partial charge in [-0.1, -0.05) is 36.4 Å². The van der Waals surface area contributed by atoms with Crippen molar-refractivity contribution in [3.05, 3.63) is 132 Å². The van der Waals surface area contributed by atoms with Crippen molar-refractivity contribution in [3.8, 4) is 33.8 Å². The van der Waals surface area contributed by atoms with Crippen molar-refractivity contribution >= 4 is 34.0 Å². The van der Waals surface area contributed by atoms with Gasteiger partial charge in [-0.3, -0.25) is 0 Å². The largest absolute Gasteiger partial charge is 0.434 e. The molecular weight excluding hydrogens is 943 g/mol. The number of hydrogen-bond donors (Lipinski definition) is 0. The van der Waals surface area contributed by atoms with Crippen LogP contribution in [0.5, 0.6) is 11.5 Å². The van der Waals surface area contributed by atoms with E-state index in [4.69, 9.17) is 28.9 Å². The molecule has 4 aromatic heterocycles. The average Bonchev–Trinajstić information content (AvgIpc) is 4.23. The van der Waals surface area contributed by atoms with Gasteiger partial charge in [0.05, 0.1) is 60.6 Å². The lowest BCUT2D eigenvalue weighted by Crippen LogP contribution is -2.37. The Morgan fingerprint density at radius 3 is 1.31 bits per heavy atom. The zero-order chi connectivity index (χ0) is 48.8. The van der Waals surface area contributed by atoms with Gasteiger partial charge in [0.2, 0.25) is 11.9 Å². The molecule has 6 atom stereocenters. The molecule has 0 bridgehead atoms. The van der Waals surface area contributed by atoms with Crippen LogP contribution in [-0.2, 0) is 9.47 Å². The van der Waals surface area contributed by atoms with E-state index in [-0.39, 0.29) is 47.3 Å². The van der Waals surface area contributed by atoms with Gasteiger partial charge in [0, 0.05) is 108 Å². The smallest absolute Gasteiger partial charge is 0.387 e. The van der Waals surface area contributed by atoms with Gasteiger partial charge in [-0.25, -0.2) is 38.7 Å². The Morgan fingerprint density at radius 1 is 0.528 bits per heavy atom. The Hall–Kier alpha value is -7.32. The van der Waals surface area contributed by atoms with Crippen LogP contribution in [0.15, 0.2) is 97.6 Å². The molecule has 0 spiro atoms. The monoisotopic (exact) mass is 986 g/mol. The third kappa shape index (κ3) is 7.82. The third-order valence-corrected chi connectivity index (χ3v) is 14.7. The van der Waals surface area contributed by atoms with Crippen LogP contribution in [0.2, 0.25) is 0 Å². The van der Waals surface area contributed by atoms with Crippen molar-refractivity contribution < 1.29 is 45.3 Å². The number of nitrogens with zero attached hydrogens (tertiary/aromatic N) is 10. The predicted molar refractivity (Wildman–Crippen MR) is 252 cm³/mol. The van der Waals surface area contributed by atoms with Gasteiger partial charge in [-0.05, 0) is 48.9 Å². The lowest BCUT2D eigenvalue weighted by molar-refractivity contribution is -0.0514. The summed E-state index contributed by atoms with van der Waals surface area (Å²) in [6.45, 7) is -0.497. The maximum absolute atomic E-state index is 15.2. The van der Waals surface area contributed by atoms with Crippen LogP contribution < -0.4 is 19.3 Å². The fourth-order valence-corrected chi connectivity index (χ4v) is 11.3. The summed E-state index contributed by atoms with van der Waals surface area (Å²) in [5.41, 5.74) is 5.82. The summed E-state index contributed by atoms with van der Waals surface area (Å²) < 4.78 is 107. The average molecular weight is 987 g/mol. The molecule has 4 aliphatic heterocycles. The SMILES string of the molecule is Fc1cc2nc3n(c2cc1-c1cnc(N2CCOCC2)nc1)[C@@H](c1ccccc1OC(F)F)[C@@H]1C[C@H]31.Fc1cc2nc3n(c2cc1-c1cnc(N2CCOCC2)nc1)[C@H](c1ccccc1OC(F)F)[C@@H]1C[C@H]31. The van der Waals surface area contributed by atoms with E-state index in [9.17, 15) is 17.6 Å². The first kappa shape index (κ1) is 44.6. The van der Waals surface area contributed by atoms with Crippen LogP contribution in [0.25, 0.3) is 44.3 Å². The van der Waals surface area contributed by atoms with Gasteiger partial charge in [-0.15, -0.1) is 0 Å². The molecule has 6 aliphatic rings. The lowest BCUT2D eigenvalue weighted by Gasteiger charge is -2.26. The Morgan fingerprint density at radius 2 is 0.917 bits per heavy atom. The van der Waals surface area contributed by atoms with E-state index in [2.05, 4.69) is 29.1 Å². The summed E-state index contributed by atoms with van der Waals surface area (Å²) in [6.07, 6.45) is 8.36. The standard InChI is InChI=1S/2C26H22F3N5O2/c2*27-19-11-20-21(10-16(19)14-12-30-26(31-13-14)33-5-7-35-8-6-33)34-23(17-9-18(17)24(34)32-20)15-3-1-2-4-22(15)36-25(28)29/h2*1-4,10-13,17-18,23,25H,5-9H2/t17-,18+,23+;17-,18+,23-/m11/s1. The van der Waals surface area contributed by atoms with Gasteiger partial charge in [-0.2, -0.15) is 17.6 Å². The summed E-state index contributed by atoms with van der Waals surface area (Å²) in [6, 6.07) is 19.8. The fourth-order valence-electron chi connectivity index (χ4n) is 11.3. The number of alkyl halides is 4. The van der Waals surface area contributed by atoms with Crippen LogP contribution in [0.4, 0.5) is 38.2 Å². The minimum Gasteiger partial charge on any atom is -0.434 e. The zero-order valence-corrected chi connectivity index (χ0v) is 38.3. The van der Waals surface area contributed by atoms with Crippen molar-refractivity contribution in [2.75, 3.05) is 62.4 Å². The van der Waals surface area contributed by atoms with E-state index < -0.39 is 24.9 Å². The van der Waals surface area contributed by atoms with Crippen LogP contribution in [-0.4, -0.2) is 105 Å². The van der Waals surface area contributed by atoms with E-state index in [1.54, 1.807) is 61.2 Å². The summed E-state index contributed by atoms with van der Waals surface area (Å²) >= 11 is 0. The topological polar surface area (TPSA) is 131 Å². The van der Waals surface area contributed by atoms with E-state index in [0.29, 0.717) is 109 Å². The second-order valence-corrected chi connectivity index (χ2v) is 18.8. The minimum atomic E-state index is -2.91. The number of halogens is 6. The fraction of sp³-hybridized carbons (Fsp3) is 0.346. The van der Waals surface area contributed by atoms with Crippen molar-refractivity contribution in [3.63, 3.8) is 0 Å². The first-order valence-corrected chi connectivity index (χ1v) is 24.0. The Labute approximate surface area is 407 Å². The number of anilines is 2. The molecule has 4 fully saturated rings. The molecule has 0 amide bonds. The van der Waals surface area contributed by atoms with Gasteiger partial charge in [0.1, 0.15) is 34.8 Å². The maximum Gasteiger partial charge on any atom is 0.387 e. The molecule has 2 aliphatic carbocycles. The molecule has 8 aromatic rings. The highest BCUT2D eigenvalue weighted by atomic mass is 19.3. The number of morpholine rings is 2. The quantitative estimate of drug-likeness (QED) is 0.121. The summed E-state index contributed by atoms with van der Waals surface area (Å²) in [4.78, 5) is 31.4. The summed E-state index contributed by atoms with van der Waals surface area (Å²) in [7, 11) is 0. The summed E-state index contributed by atoms with van der Waals surface area (Å²) in [5, 5.41) is 0. The second kappa shape index (κ2) is 17.8. The molecule has 2 saturated heterocycles. The Balaban J connectivity index is 0.000000140. The second-order valence-electron chi connectivity index (χ2n) is 18.8. The van der Waals surface area contributed by atoms with Crippen LogP contribution in [0, 0.1) is 23.5 Å². The molecule has 20 heteroatoms. The van der Waals surface area contributed by atoms with E-state index in [1.807, 2.05) is 34.1 Å². The van der Waals surface area contributed by atoms with Gasteiger partial charge >= 0.3 is 13.2 Å². The first-order valence-electron chi connectivity index (χ1n) is 24.0. The van der Waals surface area contributed by atoms with E-state index >= 15 is 8.78 Å². The van der Waals surface area contributed by atoms with Crippen molar-refractivity contribution in [2.45, 2.75) is 50.0 Å². The Bertz CT molecular complexity index is 3130.